The number of amides is 1. The standard InChI is InChI=1S/C19H18N2O3S/c22-19(15-13-17(24-20-15)16-7-4-11-23-16)21-9-8-18(25-12-10-21)14-5-2-1-3-6-14/h1-7,11,13,18H,8-10,12H2. The van der Waals surface area contributed by atoms with E-state index in [0.29, 0.717) is 29.0 Å². The Labute approximate surface area is 150 Å². The van der Waals surface area contributed by atoms with Crippen molar-refractivity contribution in [3.8, 4) is 11.5 Å². The zero-order valence-corrected chi connectivity index (χ0v) is 14.4. The zero-order chi connectivity index (χ0) is 17.1. The average molecular weight is 354 g/mol. The molecule has 0 radical (unpaired) electrons. The minimum atomic E-state index is -0.0872. The highest BCUT2D eigenvalue weighted by Gasteiger charge is 2.25. The Morgan fingerprint density at radius 1 is 1.12 bits per heavy atom. The van der Waals surface area contributed by atoms with Crippen molar-refractivity contribution in [1.82, 2.24) is 10.1 Å². The molecular weight excluding hydrogens is 336 g/mol. The van der Waals surface area contributed by atoms with Crippen LogP contribution >= 0.6 is 11.8 Å². The van der Waals surface area contributed by atoms with E-state index >= 15 is 0 Å². The molecule has 4 rings (SSSR count). The van der Waals surface area contributed by atoms with Gasteiger partial charge in [0.05, 0.1) is 6.26 Å². The number of nitrogens with zero attached hydrogens (tertiary/aromatic N) is 2. The van der Waals surface area contributed by atoms with E-state index in [1.165, 1.54) is 5.56 Å². The molecule has 25 heavy (non-hydrogen) atoms. The summed E-state index contributed by atoms with van der Waals surface area (Å²) in [6.45, 7) is 1.43. The molecule has 0 saturated carbocycles. The molecule has 1 fully saturated rings. The number of carbonyl (C=O) groups is 1. The van der Waals surface area contributed by atoms with Crippen LogP contribution in [-0.2, 0) is 0 Å². The molecule has 128 valence electrons. The van der Waals surface area contributed by atoms with Crippen molar-refractivity contribution in [1.29, 1.82) is 0 Å². The predicted molar refractivity (Wildman–Crippen MR) is 96.4 cm³/mol. The third kappa shape index (κ3) is 3.49. The summed E-state index contributed by atoms with van der Waals surface area (Å²) in [6, 6.07) is 15.7. The lowest BCUT2D eigenvalue weighted by Gasteiger charge is -2.18. The number of hydrogen-bond donors (Lipinski definition) is 0. The lowest BCUT2D eigenvalue weighted by atomic mass is 10.1. The molecule has 6 heteroatoms. The first-order valence-corrected chi connectivity index (χ1v) is 9.32. The SMILES string of the molecule is O=C(c1cc(-c2ccco2)on1)N1CCSC(c2ccccc2)CC1. The van der Waals surface area contributed by atoms with Gasteiger partial charge in [0.1, 0.15) is 0 Å². The van der Waals surface area contributed by atoms with Crippen LogP contribution in [-0.4, -0.2) is 34.8 Å². The Bertz CT molecular complexity index is 829. The van der Waals surface area contributed by atoms with Gasteiger partial charge in [0.2, 0.25) is 5.76 Å². The maximum Gasteiger partial charge on any atom is 0.276 e. The number of benzene rings is 1. The molecule has 0 bridgehead atoms. The van der Waals surface area contributed by atoms with Crippen LogP contribution in [0, 0.1) is 0 Å². The molecule has 5 nitrogen and oxygen atoms in total. The minimum absolute atomic E-state index is 0.0872. The summed E-state index contributed by atoms with van der Waals surface area (Å²) in [5, 5.41) is 4.35. The fourth-order valence-electron chi connectivity index (χ4n) is 2.98. The van der Waals surface area contributed by atoms with Crippen molar-refractivity contribution in [2.45, 2.75) is 11.7 Å². The number of aromatic nitrogens is 1. The van der Waals surface area contributed by atoms with Gasteiger partial charge in [0.25, 0.3) is 5.91 Å². The lowest BCUT2D eigenvalue weighted by Crippen LogP contribution is -2.33. The van der Waals surface area contributed by atoms with E-state index in [1.807, 2.05) is 22.7 Å². The van der Waals surface area contributed by atoms with Crippen LogP contribution in [0.4, 0.5) is 0 Å². The van der Waals surface area contributed by atoms with E-state index in [2.05, 4.69) is 29.4 Å². The predicted octanol–water partition coefficient (Wildman–Crippen LogP) is 4.26. The maximum atomic E-state index is 12.7. The van der Waals surface area contributed by atoms with Crippen LogP contribution in [0.3, 0.4) is 0 Å². The Morgan fingerprint density at radius 2 is 2.00 bits per heavy atom. The second kappa shape index (κ2) is 7.19. The summed E-state index contributed by atoms with van der Waals surface area (Å²) < 4.78 is 10.5. The van der Waals surface area contributed by atoms with Crippen LogP contribution in [0.5, 0.6) is 0 Å². The van der Waals surface area contributed by atoms with Crippen LogP contribution < -0.4 is 0 Å². The molecule has 1 aliphatic heterocycles. The summed E-state index contributed by atoms with van der Waals surface area (Å²) in [6.07, 6.45) is 2.50. The third-order valence-electron chi connectivity index (χ3n) is 4.29. The maximum absolute atomic E-state index is 12.7. The van der Waals surface area contributed by atoms with Crippen LogP contribution in [0.1, 0.15) is 27.7 Å². The topological polar surface area (TPSA) is 59.5 Å². The van der Waals surface area contributed by atoms with Gasteiger partial charge in [-0.05, 0) is 24.1 Å². The molecule has 1 atom stereocenters. The van der Waals surface area contributed by atoms with Crippen LogP contribution in [0.25, 0.3) is 11.5 Å². The normalized spacial score (nSPS) is 18.1. The summed E-state index contributed by atoms with van der Waals surface area (Å²) in [7, 11) is 0. The molecule has 0 N–H and O–H groups in total. The van der Waals surface area contributed by atoms with Gasteiger partial charge in [0.15, 0.2) is 11.5 Å². The highest BCUT2D eigenvalue weighted by atomic mass is 32.2. The largest absolute Gasteiger partial charge is 0.461 e. The molecule has 1 unspecified atom stereocenters. The van der Waals surface area contributed by atoms with E-state index in [9.17, 15) is 4.79 Å². The Kier molecular flexibility index (Phi) is 4.61. The number of thioether (sulfide) groups is 1. The minimum Gasteiger partial charge on any atom is -0.461 e. The summed E-state index contributed by atoms with van der Waals surface area (Å²) >= 11 is 1.90. The van der Waals surface area contributed by atoms with Crippen molar-refractivity contribution in [3.05, 3.63) is 66.1 Å². The zero-order valence-electron chi connectivity index (χ0n) is 13.6. The van der Waals surface area contributed by atoms with Crippen molar-refractivity contribution < 1.29 is 13.7 Å². The summed E-state index contributed by atoms with van der Waals surface area (Å²) in [5.41, 5.74) is 1.65. The molecule has 2 aromatic heterocycles. The number of furan rings is 1. The first-order valence-electron chi connectivity index (χ1n) is 8.27. The van der Waals surface area contributed by atoms with E-state index < -0.39 is 0 Å². The number of carbonyl (C=O) groups excluding carboxylic acids is 1. The molecule has 1 saturated heterocycles. The molecular formula is C19H18N2O3S. The summed E-state index contributed by atoms with van der Waals surface area (Å²) in [4.78, 5) is 14.6. The first kappa shape index (κ1) is 16.0. The highest BCUT2D eigenvalue weighted by Crippen LogP contribution is 2.34. The van der Waals surface area contributed by atoms with Gasteiger partial charge in [-0.2, -0.15) is 11.8 Å². The van der Waals surface area contributed by atoms with Gasteiger partial charge in [-0.3, -0.25) is 4.79 Å². The highest BCUT2D eigenvalue weighted by molar-refractivity contribution is 7.99. The fourth-order valence-corrected chi connectivity index (χ4v) is 4.21. The second-order valence-corrected chi connectivity index (χ2v) is 7.22. The Morgan fingerprint density at radius 3 is 2.80 bits per heavy atom. The van der Waals surface area contributed by atoms with E-state index in [4.69, 9.17) is 8.94 Å². The fraction of sp³-hybridized carbons (Fsp3) is 0.263. The molecule has 0 aliphatic carbocycles. The van der Waals surface area contributed by atoms with Crippen molar-refractivity contribution in [2.24, 2.45) is 0 Å². The van der Waals surface area contributed by atoms with Crippen molar-refractivity contribution in [3.63, 3.8) is 0 Å². The molecule has 1 aromatic carbocycles. The average Bonchev–Trinajstić information content (AvgIpc) is 3.29. The van der Waals surface area contributed by atoms with Crippen LogP contribution in [0.15, 0.2) is 63.7 Å². The number of rotatable bonds is 3. The van der Waals surface area contributed by atoms with Gasteiger partial charge in [-0.25, -0.2) is 0 Å². The van der Waals surface area contributed by atoms with Gasteiger partial charge in [0, 0.05) is 30.2 Å². The summed E-state index contributed by atoms with van der Waals surface area (Å²) in [5.74, 6) is 1.87. The van der Waals surface area contributed by atoms with E-state index in [-0.39, 0.29) is 5.91 Å². The molecule has 0 spiro atoms. The monoisotopic (exact) mass is 354 g/mol. The molecule has 1 amide bonds. The van der Waals surface area contributed by atoms with E-state index in [0.717, 1.165) is 18.7 Å². The smallest absolute Gasteiger partial charge is 0.276 e. The quantitative estimate of drug-likeness (QED) is 0.703. The lowest BCUT2D eigenvalue weighted by molar-refractivity contribution is 0.0756. The molecule has 3 heterocycles. The van der Waals surface area contributed by atoms with Gasteiger partial charge in [-0.1, -0.05) is 35.5 Å². The van der Waals surface area contributed by atoms with E-state index in [1.54, 1.807) is 24.5 Å². The Balaban J connectivity index is 1.44. The Hall–Kier alpha value is -2.47. The number of hydrogen-bond acceptors (Lipinski definition) is 5. The molecule has 3 aromatic rings. The second-order valence-electron chi connectivity index (χ2n) is 5.90. The van der Waals surface area contributed by atoms with Gasteiger partial charge in [-0.15, -0.1) is 0 Å². The van der Waals surface area contributed by atoms with Crippen molar-refractivity contribution in [2.75, 3.05) is 18.8 Å². The first-order chi connectivity index (χ1) is 12.3. The third-order valence-corrected chi connectivity index (χ3v) is 5.62. The molecule has 1 aliphatic rings. The van der Waals surface area contributed by atoms with Crippen LogP contribution in [0.2, 0.25) is 0 Å². The van der Waals surface area contributed by atoms with Crippen molar-refractivity contribution >= 4 is 17.7 Å². The van der Waals surface area contributed by atoms with Gasteiger partial charge >= 0.3 is 0 Å². The van der Waals surface area contributed by atoms with Gasteiger partial charge < -0.3 is 13.8 Å².